The Morgan fingerprint density at radius 2 is 1.67 bits per heavy atom. The van der Waals surface area contributed by atoms with E-state index in [1.807, 2.05) is 0 Å². The molecule has 24 heavy (non-hydrogen) atoms. The summed E-state index contributed by atoms with van der Waals surface area (Å²) in [7, 11) is 0. The van der Waals surface area contributed by atoms with Crippen LogP contribution in [0.1, 0.15) is 16.8 Å². The van der Waals surface area contributed by atoms with E-state index in [1.54, 1.807) is 28.0 Å². The number of hydrogen-bond acceptors (Lipinski definition) is 4. The predicted octanol–water partition coefficient (Wildman–Crippen LogP) is 1.00. The number of aliphatic hydroxyl groups excluding tert-OH is 1. The topological polar surface area (TPSA) is 72.9 Å². The van der Waals surface area contributed by atoms with E-state index in [-0.39, 0.29) is 17.9 Å². The molecule has 130 valence electrons. The minimum atomic E-state index is -0.468. The molecule has 0 saturated carbocycles. The first-order valence-corrected chi connectivity index (χ1v) is 8.66. The lowest BCUT2D eigenvalue weighted by Gasteiger charge is -2.36. The lowest BCUT2D eigenvalue weighted by molar-refractivity contribution is -0.134. The zero-order valence-electron chi connectivity index (χ0n) is 13.0. The molecule has 0 spiro atoms. The molecule has 8 heteroatoms. The van der Waals surface area contributed by atoms with Gasteiger partial charge in [-0.2, -0.15) is 0 Å². The molecule has 2 heterocycles. The van der Waals surface area contributed by atoms with Crippen LogP contribution in [0.15, 0.2) is 18.2 Å². The Bertz CT molecular complexity index is 627. The third-order valence-electron chi connectivity index (χ3n) is 4.46. The molecule has 2 saturated heterocycles. The van der Waals surface area contributed by atoms with E-state index in [4.69, 9.17) is 23.2 Å². The smallest absolute Gasteiger partial charge is 0.257 e. The number of aliphatic hydroxyl groups is 1. The summed E-state index contributed by atoms with van der Waals surface area (Å²) in [6.07, 6.45) is -0.0306. The number of benzene rings is 1. The Kier molecular flexibility index (Phi) is 5.30. The van der Waals surface area contributed by atoms with Gasteiger partial charge < -0.3 is 20.2 Å². The van der Waals surface area contributed by atoms with Gasteiger partial charge in [-0.1, -0.05) is 29.3 Å². The summed E-state index contributed by atoms with van der Waals surface area (Å²) < 4.78 is 0. The zero-order valence-corrected chi connectivity index (χ0v) is 14.6. The number of carbonyl (C=O) groups is 2. The lowest BCUT2D eigenvalue weighted by Crippen LogP contribution is -2.54. The summed E-state index contributed by atoms with van der Waals surface area (Å²) in [5, 5.41) is 13.2. The van der Waals surface area contributed by atoms with Crippen molar-refractivity contribution in [1.82, 2.24) is 15.1 Å². The predicted molar refractivity (Wildman–Crippen MR) is 91.4 cm³/mol. The van der Waals surface area contributed by atoms with Gasteiger partial charge in [0, 0.05) is 32.7 Å². The van der Waals surface area contributed by atoms with Gasteiger partial charge in [0.1, 0.15) is 0 Å². The van der Waals surface area contributed by atoms with Gasteiger partial charge >= 0.3 is 0 Å². The fourth-order valence-corrected chi connectivity index (χ4v) is 3.67. The summed E-state index contributed by atoms with van der Waals surface area (Å²) in [6, 6.07) is 4.64. The molecular weight excluding hydrogens is 353 g/mol. The van der Waals surface area contributed by atoms with E-state index < -0.39 is 6.10 Å². The van der Waals surface area contributed by atoms with E-state index >= 15 is 0 Å². The van der Waals surface area contributed by atoms with Crippen molar-refractivity contribution in [3.63, 3.8) is 0 Å². The molecule has 0 bridgehead atoms. The quantitative estimate of drug-likeness (QED) is 0.813. The average Bonchev–Trinajstić information content (AvgIpc) is 3.00. The van der Waals surface area contributed by atoms with Crippen molar-refractivity contribution in [3.8, 4) is 0 Å². The maximum atomic E-state index is 12.6. The Morgan fingerprint density at radius 3 is 2.21 bits per heavy atom. The van der Waals surface area contributed by atoms with Crippen LogP contribution >= 0.6 is 23.2 Å². The van der Waals surface area contributed by atoms with Gasteiger partial charge in [-0.05, 0) is 18.6 Å². The summed E-state index contributed by atoms with van der Waals surface area (Å²) >= 11 is 12.2. The molecule has 2 N–H and O–H groups in total. The van der Waals surface area contributed by atoms with Gasteiger partial charge in [-0.15, -0.1) is 0 Å². The van der Waals surface area contributed by atoms with Crippen LogP contribution in [0, 0.1) is 0 Å². The number of rotatable bonds is 2. The maximum Gasteiger partial charge on any atom is 0.257 e. The number of halogens is 2. The second-order valence-electron chi connectivity index (χ2n) is 6.06. The van der Waals surface area contributed by atoms with Gasteiger partial charge in [0.15, 0.2) is 0 Å². The van der Waals surface area contributed by atoms with Gasteiger partial charge in [-0.3, -0.25) is 9.59 Å². The first kappa shape index (κ1) is 17.5. The van der Waals surface area contributed by atoms with Gasteiger partial charge in [0.25, 0.3) is 5.91 Å². The van der Waals surface area contributed by atoms with Crippen molar-refractivity contribution in [1.29, 1.82) is 0 Å². The van der Waals surface area contributed by atoms with Crippen LogP contribution < -0.4 is 5.32 Å². The van der Waals surface area contributed by atoms with Gasteiger partial charge in [-0.25, -0.2) is 0 Å². The number of carbonyl (C=O) groups excluding carboxylic acids is 2. The minimum Gasteiger partial charge on any atom is -0.392 e. The summed E-state index contributed by atoms with van der Waals surface area (Å²) in [5.41, 5.74) is 0.307. The second-order valence-corrected chi connectivity index (χ2v) is 6.88. The van der Waals surface area contributed by atoms with Gasteiger partial charge in [0.05, 0.1) is 27.8 Å². The van der Waals surface area contributed by atoms with Crippen LogP contribution in [-0.2, 0) is 4.79 Å². The molecule has 0 aromatic heterocycles. The highest BCUT2D eigenvalue weighted by Crippen LogP contribution is 2.26. The van der Waals surface area contributed by atoms with E-state index in [2.05, 4.69) is 5.32 Å². The standard InChI is InChI=1S/C16H19Cl2N3O3/c17-11-2-1-3-12(18)14(11)16(24)21-6-4-20(5-7-21)15(23)13-8-10(22)9-19-13/h1-3,10,13,19,22H,4-9H2. The van der Waals surface area contributed by atoms with Crippen molar-refractivity contribution >= 4 is 35.0 Å². The molecule has 0 aliphatic carbocycles. The van der Waals surface area contributed by atoms with Crippen LogP contribution in [0.5, 0.6) is 0 Å². The first-order valence-electron chi connectivity index (χ1n) is 7.91. The highest BCUT2D eigenvalue weighted by molar-refractivity contribution is 6.39. The van der Waals surface area contributed by atoms with Crippen molar-refractivity contribution in [2.75, 3.05) is 32.7 Å². The average molecular weight is 372 g/mol. The number of hydrogen-bond donors (Lipinski definition) is 2. The molecule has 1 aromatic rings. The molecule has 0 radical (unpaired) electrons. The molecule has 2 fully saturated rings. The van der Waals surface area contributed by atoms with E-state index in [0.29, 0.717) is 54.8 Å². The van der Waals surface area contributed by atoms with Crippen molar-refractivity contribution in [2.45, 2.75) is 18.6 Å². The molecule has 2 amide bonds. The second kappa shape index (κ2) is 7.27. The van der Waals surface area contributed by atoms with Crippen LogP contribution in [0.3, 0.4) is 0 Å². The summed E-state index contributed by atoms with van der Waals surface area (Å²) in [4.78, 5) is 28.4. The molecule has 3 rings (SSSR count). The first-order chi connectivity index (χ1) is 11.5. The van der Waals surface area contributed by atoms with E-state index in [1.165, 1.54) is 0 Å². The number of amides is 2. The normalized spacial score (nSPS) is 24.3. The molecule has 1 aromatic carbocycles. The Hall–Kier alpha value is -1.34. The van der Waals surface area contributed by atoms with Crippen molar-refractivity contribution in [3.05, 3.63) is 33.8 Å². The van der Waals surface area contributed by atoms with Crippen molar-refractivity contribution in [2.24, 2.45) is 0 Å². The number of nitrogens with zero attached hydrogens (tertiary/aromatic N) is 2. The fraction of sp³-hybridized carbons (Fsp3) is 0.500. The molecule has 2 aliphatic heterocycles. The molecule has 2 atom stereocenters. The molecular formula is C16H19Cl2N3O3. The SMILES string of the molecule is O=C(c1c(Cl)cccc1Cl)N1CCN(C(=O)C2CC(O)CN2)CC1. The monoisotopic (exact) mass is 371 g/mol. The summed E-state index contributed by atoms with van der Waals surface area (Å²) in [6.45, 7) is 2.23. The van der Waals surface area contributed by atoms with Crippen LogP contribution in [0.25, 0.3) is 0 Å². The summed E-state index contributed by atoms with van der Waals surface area (Å²) in [5.74, 6) is -0.235. The highest BCUT2D eigenvalue weighted by atomic mass is 35.5. The highest BCUT2D eigenvalue weighted by Gasteiger charge is 2.34. The number of β-amino-alcohol motifs (C(OH)–C–C–N with tert-alkyl or cyclic N) is 1. The third-order valence-corrected chi connectivity index (χ3v) is 5.09. The Morgan fingerprint density at radius 1 is 1.08 bits per heavy atom. The van der Waals surface area contributed by atoms with Crippen molar-refractivity contribution < 1.29 is 14.7 Å². The van der Waals surface area contributed by atoms with Crippen LogP contribution in [0.4, 0.5) is 0 Å². The molecule has 6 nitrogen and oxygen atoms in total. The molecule has 2 aliphatic rings. The van der Waals surface area contributed by atoms with Gasteiger partial charge in [0.2, 0.25) is 5.91 Å². The van der Waals surface area contributed by atoms with E-state index in [9.17, 15) is 14.7 Å². The maximum absolute atomic E-state index is 12.6. The zero-order chi connectivity index (χ0) is 17.3. The lowest BCUT2D eigenvalue weighted by atomic mass is 10.1. The Balaban J connectivity index is 1.61. The van der Waals surface area contributed by atoms with Crippen LogP contribution in [0.2, 0.25) is 10.0 Å². The molecule has 2 unspecified atom stereocenters. The Labute approximate surface area is 150 Å². The third kappa shape index (κ3) is 3.52. The fourth-order valence-electron chi connectivity index (χ4n) is 3.12. The van der Waals surface area contributed by atoms with Crippen LogP contribution in [-0.4, -0.2) is 71.6 Å². The number of piperazine rings is 1. The van der Waals surface area contributed by atoms with E-state index in [0.717, 1.165) is 0 Å². The number of nitrogens with one attached hydrogen (secondary N) is 1. The largest absolute Gasteiger partial charge is 0.392 e. The minimum absolute atomic E-state index is 0.0191.